The van der Waals surface area contributed by atoms with E-state index < -0.39 is 11.9 Å². The molecule has 0 radical (unpaired) electrons. The Morgan fingerprint density at radius 3 is 2.70 bits per heavy atom. The summed E-state index contributed by atoms with van der Waals surface area (Å²) in [6, 6.07) is 2.68. The van der Waals surface area contributed by atoms with Crippen LogP contribution in [0.15, 0.2) is 18.3 Å². The first-order valence-electron chi connectivity index (χ1n) is 6.84. The molecule has 0 saturated carbocycles. The molecule has 1 saturated heterocycles. The lowest BCUT2D eigenvalue weighted by Crippen LogP contribution is -2.39. The third kappa shape index (κ3) is 3.85. The largest absolute Gasteiger partial charge is 0.433 e. The summed E-state index contributed by atoms with van der Waals surface area (Å²) in [7, 11) is 2.10. The van der Waals surface area contributed by atoms with Crippen LogP contribution in [0.1, 0.15) is 25.5 Å². The minimum Gasteiger partial charge on any atom is -0.381 e. The van der Waals surface area contributed by atoms with E-state index in [4.69, 9.17) is 0 Å². The van der Waals surface area contributed by atoms with E-state index in [9.17, 15) is 13.2 Å². The van der Waals surface area contributed by atoms with E-state index in [0.29, 0.717) is 11.6 Å². The summed E-state index contributed by atoms with van der Waals surface area (Å²) in [5.41, 5.74) is -0.216. The Labute approximate surface area is 117 Å². The van der Waals surface area contributed by atoms with Gasteiger partial charge in [-0.05, 0) is 51.4 Å². The van der Waals surface area contributed by atoms with Gasteiger partial charge in [-0.1, -0.05) is 0 Å². The highest BCUT2D eigenvalue weighted by atomic mass is 19.4. The summed E-state index contributed by atoms with van der Waals surface area (Å²) in [6.45, 7) is 4.20. The van der Waals surface area contributed by atoms with Crippen molar-refractivity contribution < 1.29 is 13.2 Å². The quantitative estimate of drug-likeness (QED) is 0.925. The van der Waals surface area contributed by atoms with Gasteiger partial charge in [-0.3, -0.25) is 0 Å². The molecule has 2 unspecified atom stereocenters. The minimum atomic E-state index is -4.38. The van der Waals surface area contributed by atoms with Crippen LogP contribution in [-0.2, 0) is 6.18 Å². The molecule has 1 fully saturated rings. The molecule has 2 atom stereocenters. The zero-order valence-electron chi connectivity index (χ0n) is 11.7. The number of nitrogens with one attached hydrogen (secondary N) is 1. The third-order valence-electron chi connectivity index (χ3n) is 3.82. The number of halogens is 3. The van der Waals surface area contributed by atoms with E-state index in [0.717, 1.165) is 25.6 Å². The molecule has 0 bridgehead atoms. The molecule has 3 nitrogen and oxygen atoms in total. The van der Waals surface area contributed by atoms with Gasteiger partial charge >= 0.3 is 6.18 Å². The van der Waals surface area contributed by atoms with Crippen molar-refractivity contribution in [2.75, 3.05) is 25.5 Å². The highest BCUT2D eigenvalue weighted by Crippen LogP contribution is 2.28. The Kier molecular flexibility index (Phi) is 4.52. The average Bonchev–Trinajstić information content (AvgIpc) is 2.38. The smallest absolute Gasteiger partial charge is 0.381 e. The molecule has 112 valence electrons. The zero-order valence-corrected chi connectivity index (χ0v) is 11.7. The minimum absolute atomic E-state index is 0.219. The van der Waals surface area contributed by atoms with Crippen LogP contribution in [0.2, 0.25) is 0 Å². The highest BCUT2D eigenvalue weighted by molar-refractivity contribution is 5.42. The molecule has 0 amide bonds. The average molecular weight is 287 g/mol. The fraction of sp³-hybridized carbons (Fsp3) is 0.643. The second-order valence-electron chi connectivity index (χ2n) is 5.53. The van der Waals surface area contributed by atoms with Crippen LogP contribution in [-0.4, -0.2) is 36.1 Å². The maximum absolute atomic E-state index is 12.4. The van der Waals surface area contributed by atoms with Crippen LogP contribution in [0.5, 0.6) is 0 Å². The van der Waals surface area contributed by atoms with Crippen LogP contribution >= 0.6 is 0 Å². The molecule has 1 aliphatic rings. The van der Waals surface area contributed by atoms with E-state index in [2.05, 4.69) is 29.2 Å². The molecule has 2 rings (SSSR count). The Morgan fingerprint density at radius 2 is 2.15 bits per heavy atom. The van der Waals surface area contributed by atoms with E-state index in [1.165, 1.54) is 18.7 Å². The fourth-order valence-electron chi connectivity index (χ4n) is 2.64. The second kappa shape index (κ2) is 5.99. The van der Waals surface area contributed by atoms with Gasteiger partial charge in [0.05, 0.1) is 11.9 Å². The summed E-state index contributed by atoms with van der Waals surface area (Å²) in [5.74, 6) is 0.510. The van der Waals surface area contributed by atoms with Crippen molar-refractivity contribution >= 4 is 5.69 Å². The van der Waals surface area contributed by atoms with Gasteiger partial charge in [0.25, 0.3) is 0 Å². The number of nitrogens with zero attached hydrogens (tertiary/aromatic N) is 2. The number of pyridine rings is 1. The van der Waals surface area contributed by atoms with Gasteiger partial charge in [0, 0.05) is 12.6 Å². The lowest BCUT2D eigenvalue weighted by Gasteiger charge is -2.34. The molecule has 0 spiro atoms. The number of alkyl halides is 3. The Morgan fingerprint density at radius 1 is 1.40 bits per heavy atom. The van der Waals surface area contributed by atoms with Gasteiger partial charge in [-0.15, -0.1) is 0 Å². The van der Waals surface area contributed by atoms with Crippen molar-refractivity contribution in [2.24, 2.45) is 5.92 Å². The van der Waals surface area contributed by atoms with Crippen molar-refractivity contribution in [1.29, 1.82) is 0 Å². The highest BCUT2D eigenvalue weighted by Gasteiger charge is 2.32. The molecular formula is C14H20F3N3. The molecule has 20 heavy (non-hydrogen) atoms. The van der Waals surface area contributed by atoms with Crippen LogP contribution < -0.4 is 5.32 Å². The summed E-state index contributed by atoms with van der Waals surface area (Å²) < 4.78 is 37.3. The van der Waals surface area contributed by atoms with Crippen LogP contribution in [0.25, 0.3) is 0 Å². The van der Waals surface area contributed by atoms with Crippen molar-refractivity contribution in [3.05, 3.63) is 24.0 Å². The summed E-state index contributed by atoms with van der Waals surface area (Å²) in [6.07, 6.45) is -0.812. The van der Waals surface area contributed by atoms with Crippen LogP contribution in [0.4, 0.5) is 18.9 Å². The van der Waals surface area contributed by atoms with Gasteiger partial charge in [-0.25, -0.2) is 4.98 Å². The van der Waals surface area contributed by atoms with E-state index in [1.54, 1.807) is 0 Å². The van der Waals surface area contributed by atoms with Crippen molar-refractivity contribution in [3.8, 4) is 0 Å². The molecule has 6 heteroatoms. The van der Waals surface area contributed by atoms with E-state index in [-0.39, 0.29) is 6.04 Å². The predicted molar refractivity (Wildman–Crippen MR) is 72.5 cm³/mol. The monoisotopic (exact) mass is 287 g/mol. The fourth-order valence-corrected chi connectivity index (χ4v) is 2.64. The first-order valence-corrected chi connectivity index (χ1v) is 6.84. The third-order valence-corrected chi connectivity index (χ3v) is 3.82. The number of piperidine rings is 1. The van der Waals surface area contributed by atoms with Crippen LogP contribution in [0.3, 0.4) is 0 Å². The van der Waals surface area contributed by atoms with Gasteiger partial charge in [-0.2, -0.15) is 13.2 Å². The molecule has 0 aromatic carbocycles. The summed E-state index contributed by atoms with van der Waals surface area (Å²) in [4.78, 5) is 5.75. The predicted octanol–water partition coefficient (Wildman–Crippen LogP) is 3.24. The van der Waals surface area contributed by atoms with Crippen molar-refractivity contribution in [3.63, 3.8) is 0 Å². The summed E-state index contributed by atoms with van der Waals surface area (Å²) >= 11 is 0. The van der Waals surface area contributed by atoms with Crippen molar-refractivity contribution in [2.45, 2.75) is 32.0 Å². The molecular weight excluding hydrogens is 267 g/mol. The molecule has 0 aliphatic carbocycles. The number of hydrogen-bond donors (Lipinski definition) is 1. The Hall–Kier alpha value is -1.30. The first kappa shape index (κ1) is 15.1. The van der Waals surface area contributed by atoms with E-state index in [1.807, 2.05) is 0 Å². The molecule has 2 heterocycles. The van der Waals surface area contributed by atoms with Gasteiger partial charge in [0.15, 0.2) is 0 Å². The van der Waals surface area contributed by atoms with Crippen LogP contribution in [0, 0.1) is 5.92 Å². The number of rotatable bonds is 3. The zero-order chi connectivity index (χ0) is 14.8. The Bertz CT molecular complexity index is 430. The number of likely N-dealkylation sites (tertiary alicyclic amines) is 1. The van der Waals surface area contributed by atoms with Gasteiger partial charge in [0.1, 0.15) is 5.69 Å². The molecule has 1 aromatic rings. The standard InChI is InChI=1S/C14H20F3N3/c1-10(11-4-3-7-20(2)9-11)19-12-5-6-13(18-8-12)14(15,16)17/h5-6,8,10-11,19H,3-4,7,9H2,1-2H3. The molecule has 1 aliphatic heterocycles. The lowest BCUT2D eigenvalue weighted by atomic mass is 9.92. The molecule has 1 N–H and O–H groups in total. The van der Waals surface area contributed by atoms with E-state index >= 15 is 0 Å². The van der Waals surface area contributed by atoms with Crippen molar-refractivity contribution in [1.82, 2.24) is 9.88 Å². The maximum atomic E-state index is 12.4. The number of anilines is 1. The van der Waals surface area contributed by atoms with Gasteiger partial charge in [0.2, 0.25) is 0 Å². The summed E-state index contributed by atoms with van der Waals surface area (Å²) in [5, 5.41) is 3.25. The Balaban J connectivity index is 1.95. The molecule has 1 aromatic heterocycles. The SMILES string of the molecule is CC(Nc1ccc(C(F)(F)F)nc1)C1CCCN(C)C1. The number of hydrogen-bond acceptors (Lipinski definition) is 3. The normalized spacial score (nSPS) is 22.6. The number of aromatic nitrogens is 1. The maximum Gasteiger partial charge on any atom is 0.433 e. The topological polar surface area (TPSA) is 28.2 Å². The first-order chi connectivity index (χ1) is 9.36. The lowest BCUT2D eigenvalue weighted by molar-refractivity contribution is -0.141. The van der Waals surface area contributed by atoms with Gasteiger partial charge < -0.3 is 10.2 Å². The second-order valence-corrected chi connectivity index (χ2v) is 5.53.